The fraction of sp³-hybridized carbons (Fsp3) is 0.500. The fourth-order valence-electron chi connectivity index (χ4n) is 1.97. The minimum Gasteiger partial charge on any atom is -0.383 e. The molecule has 0 spiro atoms. The van der Waals surface area contributed by atoms with Gasteiger partial charge in [0.1, 0.15) is 11.6 Å². The van der Waals surface area contributed by atoms with Crippen molar-refractivity contribution in [2.24, 2.45) is 0 Å². The molecule has 0 aromatic carbocycles. The topological polar surface area (TPSA) is 113 Å². The Morgan fingerprint density at radius 2 is 2.29 bits per heavy atom. The molecule has 1 aromatic rings. The van der Waals surface area contributed by atoms with Gasteiger partial charge in [-0.1, -0.05) is 0 Å². The van der Waals surface area contributed by atoms with Gasteiger partial charge in [0.25, 0.3) is 0 Å². The van der Waals surface area contributed by atoms with E-state index in [1.54, 1.807) is 24.9 Å². The first-order valence-electron chi connectivity index (χ1n) is 6.31. The van der Waals surface area contributed by atoms with Gasteiger partial charge >= 0.3 is 0 Å². The predicted molar refractivity (Wildman–Crippen MR) is 83.3 cm³/mol. The number of rotatable bonds is 5. The number of aliphatic hydroxyl groups excluding tert-OH is 1. The van der Waals surface area contributed by atoms with E-state index in [9.17, 15) is 9.32 Å². The highest BCUT2D eigenvalue weighted by molar-refractivity contribution is 8.03. The molecule has 2 atom stereocenters. The Balaban J connectivity index is 2.08. The van der Waals surface area contributed by atoms with Crippen LogP contribution in [0.2, 0.25) is 0 Å². The summed E-state index contributed by atoms with van der Waals surface area (Å²) in [6.07, 6.45) is 1.89. The van der Waals surface area contributed by atoms with Crippen molar-refractivity contribution in [3.63, 3.8) is 0 Å². The van der Waals surface area contributed by atoms with Gasteiger partial charge in [-0.3, -0.25) is 0 Å². The van der Waals surface area contributed by atoms with Gasteiger partial charge in [0.15, 0.2) is 16.5 Å². The highest BCUT2D eigenvalue weighted by Crippen LogP contribution is 2.36. The minimum atomic E-state index is -2.23. The second-order valence-electron chi connectivity index (χ2n) is 4.74. The van der Waals surface area contributed by atoms with E-state index >= 15 is 0 Å². The largest absolute Gasteiger partial charge is 0.383 e. The van der Waals surface area contributed by atoms with Crippen molar-refractivity contribution in [3.05, 3.63) is 28.2 Å². The molecule has 1 aliphatic heterocycles. The van der Waals surface area contributed by atoms with Gasteiger partial charge in [-0.25, -0.2) is 14.2 Å². The van der Waals surface area contributed by atoms with Crippen molar-refractivity contribution in [2.75, 3.05) is 11.6 Å². The van der Waals surface area contributed by atoms with Crippen LogP contribution < -0.4 is 5.73 Å². The Kier molecular flexibility index (Phi) is 5.20. The predicted octanol–water partition coefficient (Wildman–Crippen LogP) is 1.04. The molecule has 1 aliphatic rings. The van der Waals surface area contributed by atoms with E-state index in [-0.39, 0.29) is 6.42 Å². The molecule has 2 rings (SSSR count). The summed E-state index contributed by atoms with van der Waals surface area (Å²) in [4.78, 5) is 11.3. The van der Waals surface area contributed by atoms with Gasteiger partial charge in [0.2, 0.25) is 0 Å². The molecule has 21 heavy (non-hydrogen) atoms. The average Bonchev–Trinajstić information content (AvgIpc) is 2.74. The second kappa shape index (κ2) is 6.73. The van der Waals surface area contributed by atoms with Crippen molar-refractivity contribution in [2.45, 2.75) is 32.2 Å². The summed E-state index contributed by atoms with van der Waals surface area (Å²) in [6.45, 7) is 4.28. The lowest BCUT2D eigenvalue weighted by Gasteiger charge is -2.20. The number of nitrogens with two attached hydrogens (primary N) is 1. The number of allylic oxidation sites excluding steroid dienone is 1. The zero-order valence-electron chi connectivity index (χ0n) is 11.8. The lowest BCUT2D eigenvalue weighted by Crippen LogP contribution is -2.19. The molecule has 0 fully saturated rings. The second-order valence-corrected chi connectivity index (χ2v) is 6.88. The van der Waals surface area contributed by atoms with Crippen molar-refractivity contribution < 1.29 is 13.9 Å². The first-order chi connectivity index (χ1) is 9.88. The zero-order chi connectivity index (χ0) is 15.6. The lowest BCUT2D eigenvalue weighted by atomic mass is 10.2. The number of nitrogens with zero attached hydrogens (tertiary/aromatic N) is 3. The van der Waals surface area contributed by atoms with Crippen LogP contribution in [0.1, 0.15) is 24.7 Å². The molecule has 0 saturated carbocycles. The number of aromatic nitrogens is 2. The van der Waals surface area contributed by atoms with Crippen LogP contribution in [0.3, 0.4) is 0 Å². The lowest BCUT2D eigenvalue weighted by molar-refractivity contribution is 0.247. The molecule has 2 unspecified atom stereocenters. The molecular formula is C12H18N4O3S2. The highest BCUT2D eigenvalue weighted by Gasteiger charge is 2.24. The van der Waals surface area contributed by atoms with Crippen LogP contribution in [0.25, 0.3) is 0 Å². The quantitative estimate of drug-likeness (QED) is 0.686. The summed E-state index contributed by atoms with van der Waals surface area (Å²) in [5.74, 6) is 1.80. The smallest absolute Gasteiger partial charge is 0.182 e. The summed E-state index contributed by atoms with van der Waals surface area (Å²) in [6, 6.07) is 0. The van der Waals surface area contributed by atoms with E-state index in [0.717, 1.165) is 16.2 Å². The third-order valence-corrected chi connectivity index (χ3v) is 5.13. The van der Waals surface area contributed by atoms with Crippen LogP contribution in [0.5, 0.6) is 0 Å². The fourth-order valence-corrected chi connectivity index (χ4v) is 3.60. The van der Waals surface area contributed by atoms with E-state index in [4.69, 9.17) is 10.3 Å². The molecule has 0 radical (unpaired) electrons. The number of thioether (sulfide) groups is 1. The third-order valence-electron chi connectivity index (χ3n) is 3.24. The average molecular weight is 330 g/mol. The van der Waals surface area contributed by atoms with Gasteiger partial charge < -0.3 is 20.3 Å². The maximum absolute atomic E-state index is 10.8. The minimum absolute atomic E-state index is 0.177. The molecular weight excluding hydrogens is 312 g/mol. The van der Waals surface area contributed by atoms with Crippen LogP contribution in [0, 0.1) is 6.92 Å². The van der Waals surface area contributed by atoms with Crippen LogP contribution in [0.15, 0.2) is 16.8 Å². The Bertz CT molecular complexity index is 594. The molecule has 7 nitrogen and oxygen atoms in total. The van der Waals surface area contributed by atoms with Gasteiger partial charge in [0, 0.05) is 35.3 Å². The highest BCUT2D eigenvalue weighted by atomic mass is 32.2. The Morgan fingerprint density at radius 3 is 2.90 bits per heavy atom. The standard InChI is InChI=1S/C12H18N4O3S2/c1-7-10(3-11(17)21(18)19)20-6-16(7)5-9-4-14-8(2)15-12(9)13/h4,11,17H,3,5-6H2,1-2H3,(H,18,19)(H2,13,14,15). The number of hydrogen-bond donors (Lipinski definition) is 3. The van der Waals surface area contributed by atoms with E-state index in [2.05, 4.69) is 14.9 Å². The maximum Gasteiger partial charge on any atom is 0.182 e. The van der Waals surface area contributed by atoms with Crippen LogP contribution in [-0.4, -0.2) is 40.0 Å². The first kappa shape index (κ1) is 16.2. The first-order valence-corrected chi connectivity index (χ1v) is 8.47. The van der Waals surface area contributed by atoms with Crippen LogP contribution in [-0.2, 0) is 17.6 Å². The van der Waals surface area contributed by atoms with E-state index in [1.165, 1.54) is 0 Å². The van der Waals surface area contributed by atoms with Gasteiger partial charge in [-0.05, 0) is 13.8 Å². The van der Waals surface area contributed by atoms with Gasteiger partial charge in [0.05, 0.1) is 5.88 Å². The number of aryl methyl sites for hydroxylation is 1. The number of nitrogen functional groups attached to an aromatic ring is 1. The van der Waals surface area contributed by atoms with Crippen molar-refractivity contribution in [1.29, 1.82) is 0 Å². The number of anilines is 1. The summed E-state index contributed by atoms with van der Waals surface area (Å²) in [5.41, 5.74) is 6.45. The number of aliphatic hydroxyl groups is 1. The van der Waals surface area contributed by atoms with Crippen molar-refractivity contribution >= 4 is 28.7 Å². The molecule has 4 N–H and O–H groups in total. The summed E-state index contributed by atoms with van der Waals surface area (Å²) in [7, 11) is 0. The maximum atomic E-state index is 10.8. The van der Waals surface area contributed by atoms with Crippen LogP contribution >= 0.6 is 11.8 Å². The molecule has 0 aliphatic carbocycles. The van der Waals surface area contributed by atoms with Gasteiger partial charge in [-0.2, -0.15) is 0 Å². The Labute approximate surface area is 129 Å². The Morgan fingerprint density at radius 1 is 1.57 bits per heavy atom. The molecule has 1 aromatic heterocycles. The molecule has 2 heterocycles. The SMILES string of the molecule is CC1=C(CC(O)S(=O)O)SCN1Cc1cnc(C)nc1N. The molecule has 0 amide bonds. The molecule has 0 saturated heterocycles. The normalized spacial score (nSPS) is 18.2. The molecule has 116 valence electrons. The zero-order valence-corrected chi connectivity index (χ0v) is 13.4. The van der Waals surface area contributed by atoms with E-state index < -0.39 is 16.5 Å². The summed E-state index contributed by atoms with van der Waals surface area (Å²) < 4.78 is 19.7. The van der Waals surface area contributed by atoms with E-state index in [0.29, 0.717) is 24.1 Å². The van der Waals surface area contributed by atoms with Crippen LogP contribution in [0.4, 0.5) is 5.82 Å². The molecule has 0 bridgehead atoms. The molecule has 9 heteroatoms. The third kappa shape index (κ3) is 3.94. The number of hydrogen-bond acceptors (Lipinski definition) is 7. The summed E-state index contributed by atoms with van der Waals surface area (Å²) >= 11 is -0.676. The van der Waals surface area contributed by atoms with Crippen molar-refractivity contribution in [1.82, 2.24) is 14.9 Å². The summed E-state index contributed by atoms with van der Waals surface area (Å²) in [5, 5.41) is 9.50. The Hall–Kier alpha value is -1.16. The monoisotopic (exact) mass is 330 g/mol. The van der Waals surface area contributed by atoms with Gasteiger partial charge in [-0.15, -0.1) is 11.8 Å². The van der Waals surface area contributed by atoms with Crippen molar-refractivity contribution in [3.8, 4) is 0 Å². The van der Waals surface area contributed by atoms with E-state index in [1.807, 2.05) is 6.92 Å².